The summed E-state index contributed by atoms with van der Waals surface area (Å²) in [6, 6.07) is 10.3. The molecule has 0 bridgehead atoms. The Morgan fingerprint density at radius 3 is 2.10 bits per heavy atom. The van der Waals surface area contributed by atoms with Crippen LogP contribution in [0.25, 0.3) is 0 Å². The number of carbonyl (C=O) groups excluding carboxylic acids is 1. The fourth-order valence-corrected chi connectivity index (χ4v) is 3.87. The molecule has 2 aromatic carbocycles. The molecule has 0 spiro atoms. The van der Waals surface area contributed by atoms with Gasteiger partial charge in [0.05, 0.1) is 17.6 Å². The van der Waals surface area contributed by atoms with Gasteiger partial charge in [-0.05, 0) is 49.2 Å². The number of benzene rings is 2. The van der Waals surface area contributed by atoms with E-state index in [4.69, 9.17) is 4.74 Å². The monoisotopic (exact) mass is 443 g/mol. The van der Waals surface area contributed by atoms with Crippen molar-refractivity contribution in [1.82, 2.24) is 4.72 Å². The Labute approximate surface area is 174 Å². The van der Waals surface area contributed by atoms with Gasteiger partial charge in [0.25, 0.3) is 0 Å². The molecule has 164 valence electrons. The van der Waals surface area contributed by atoms with Gasteiger partial charge in [-0.3, -0.25) is 4.79 Å². The molecule has 30 heavy (non-hydrogen) atoms. The van der Waals surface area contributed by atoms with E-state index in [1.54, 1.807) is 12.1 Å². The summed E-state index contributed by atoms with van der Waals surface area (Å²) in [5, 5.41) is 0. The van der Waals surface area contributed by atoms with Gasteiger partial charge in [0, 0.05) is 18.5 Å². The van der Waals surface area contributed by atoms with Crippen molar-refractivity contribution < 1.29 is 31.1 Å². The van der Waals surface area contributed by atoms with E-state index in [0.29, 0.717) is 18.6 Å². The number of ether oxygens (including phenoxy) is 1. The van der Waals surface area contributed by atoms with Gasteiger partial charge in [-0.25, -0.2) is 13.1 Å². The average molecular weight is 443 g/mol. The highest BCUT2D eigenvalue weighted by Crippen LogP contribution is 2.29. The molecule has 2 rings (SSSR count). The van der Waals surface area contributed by atoms with Gasteiger partial charge in [0.15, 0.2) is 5.78 Å². The lowest BCUT2D eigenvalue weighted by atomic mass is 10.0. The van der Waals surface area contributed by atoms with Crippen molar-refractivity contribution in [2.45, 2.75) is 43.2 Å². The second-order valence-electron chi connectivity index (χ2n) is 6.74. The van der Waals surface area contributed by atoms with E-state index in [1.165, 1.54) is 31.4 Å². The number of carbonyl (C=O) groups is 1. The minimum Gasteiger partial charge on any atom is -0.497 e. The van der Waals surface area contributed by atoms with Gasteiger partial charge in [-0.2, -0.15) is 13.2 Å². The van der Waals surface area contributed by atoms with Crippen LogP contribution in [0.4, 0.5) is 13.2 Å². The quantitative estimate of drug-likeness (QED) is 0.399. The summed E-state index contributed by atoms with van der Waals surface area (Å²) in [6.45, 7) is 0.279. The summed E-state index contributed by atoms with van der Waals surface area (Å²) in [5.74, 6) is 0.365. The average Bonchev–Trinajstić information content (AvgIpc) is 2.72. The standard InChI is InChI=1S/C21H24F3NO4S/c1-29-18-11-13-19(14-12-18)30(27,28)25-15-5-3-2-4-6-20(26)16-7-9-17(10-8-16)21(22,23)24/h7-14,25H,2-6,15H2,1H3. The summed E-state index contributed by atoms with van der Waals surface area (Å²) < 4.78 is 69.5. The van der Waals surface area contributed by atoms with Crippen LogP contribution in [0.5, 0.6) is 5.75 Å². The number of alkyl halides is 3. The smallest absolute Gasteiger partial charge is 0.416 e. The molecule has 0 saturated carbocycles. The first-order valence-corrected chi connectivity index (χ1v) is 11.0. The molecular weight excluding hydrogens is 419 g/mol. The van der Waals surface area contributed by atoms with Crippen LogP contribution in [0, 0.1) is 0 Å². The van der Waals surface area contributed by atoms with Gasteiger partial charge in [-0.15, -0.1) is 0 Å². The molecule has 0 unspecified atom stereocenters. The minimum atomic E-state index is -4.42. The normalized spacial score (nSPS) is 12.0. The molecule has 0 saturated heterocycles. The summed E-state index contributed by atoms with van der Waals surface area (Å²) in [5.41, 5.74) is -0.522. The first-order chi connectivity index (χ1) is 14.1. The second-order valence-corrected chi connectivity index (χ2v) is 8.50. The van der Waals surface area contributed by atoms with Gasteiger partial charge >= 0.3 is 6.18 Å². The number of rotatable bonds is 11. The van der Waals surface area contributed by atoms with E-state index in [2.05, 4.69) is 4.72 Å². The van der Waals surface area contributed by atoms with Crippen molar-refractivity contribution in [2.24, 2.45) is 0 Å². The molecule has 9 heteroatoms. The molecular formula is C21H24F3NO4S. The number of sulfonamides is 1. The van der Waals surface area contributed by atoms with Crippen LogP contribution in [0.1, 0.15) is 48.0 Å². The molecule has 0 amide bonds. The van der Waals surface area contributed by atoms with Gasteiger partial charge < -0.3 is 4.74 Å². The van der Waals surface area contributed by atoms with Crippen molar-refractivity contribution in [3.8, 4) is 5.75 Å². The lowest BCUT2D eigenvalue weighted by Crippen LogP contribution is -2.24. The van der Waals surface area contributed by atoms with Crippen molar-refractivity contribution in [1.29, 1.82) is 0 Å². The van der Waals surface area contributed by atoms with Crippen molar-refractivity contribution in [3.63, 3.8) is 0 Å². The number of ketones is 1. The zero-order valence-corrected chi connectivity index (χ0v) is 17.4. The van der Waals surface area contributed by atoms with Crippen molar-refractivity contribution in [3.05, 3.63) is 59.7 Å². The molecule has 0 aliphatic heterocycles. The molecule has 0 atom stereocenters. The first kappa shape index (κ1) is 23.9. The van der Waals surface area contributed by atoms with Crippen LogP contribution >= 0.6 is 0 Å². The van der Waals surface area contributed by atoms with E-state index in [9.17, 15) is 26.4 Å². The topological polar surface area (TPSA) is 72.5 Å². The number of Topliss-reactive ketones (excluding diaryl/α,β-unsaturated/α-hetero) is 1. The van der Waals surface area contributed by atoms with E-state index in [1.807, 2.05) is 0 Å². The highest BCUT2D eigenvalue weighted by atomic mass is 32.2. The number of methoxy groups -OCH3 is 1. The summed E-state index contributed by atoms with van der Waals surface area (Å²) in [6.07, 6.45) is -1.53. The Morgan fingerprint density at radius 1 is 0.933 bits per heavy atom. The third kappa shape index (κ3) is 7.14. The maximum absolute atomic E-state index is 12.5. The van der Waals surface area contributed by atoms with Crippen molar-refractivity contribution in [2.75, 3.05) is 13.7 Å². The van der Waals surface area contributed by atoms with Crippen LogP contribution in [-0.2, 0) is 16.2 Å². The SMILES string of the molecule is COc1ccc(S(=O)(=O)NCCCCCCC(=O)c2ccc(C(F)(F)F)cc2)cc1. The Morgan fingerprint density at radius 2 is 1.53 bits per heavy atom. The zero-order chi connectivity index (χ0) is 22.2. The van der Waals surface area contributed by atoms with E-state index in [0.717, 1.165) is 25.0 Å². The number of hydrogen-bond donors (Lipinski definition) is 1. The molecule has 0 aliphatic rings. The summed E-state index contributed by atoms with van der Waals surface area (Å²) >= 11 is 0. The Balaban J connectivity index is 1.66. The molecule has 0 fully saturated rings. The predicted octanol–water partition coefficient (Wildman–Crippen LogP) is 4.83. The third-order valence-electron chi connectivity index (χ3n) is 4.53. The Hall–Kier alpha value is -2.39. The lowest BCUT2D eigenvalue weighted by Gasteiger charge is -2.08. The molecule has 5 nitrogen and oxygen atoms in total. The predicted molar refractivity (Wildman–Crippen MR) is 107 cm³/mol. The first-order valence-electron chi connectivity index (χ1n) is 9.47. The number of nitrogens with one attached hydrogen (secondary N) is 1. The largest absolute Gasteiger partial charge is 0.497 e. The molecule has 0 radical (unpaired) electrons. The maximum atomic E-state index is 12.5. The molecule has 0 heterocycles. The lowest BCUT2D eigenvalue weighted by molar-refractivity contribution is -0.137. The second kappa shape index (κ2) is 10.6. The van der Waals surface area contributed by atoms with Crippen molar-refractivity contribution >= 4 is 15.8 Å². The highest BCUT2D eigenvalue weighted by molar-refractivity contribution is 7.89. The number of halogens is 3. The highest BCUT2D eigenvalue weighted by Gasteiger charge is 2.30. The van der Waals surface area contributed by atoms with Crippen LogP contribution in [0.2, 0.25) is 0 Å². The van der Waals surface area contributed by atoms with Crippen LogP contribution in [0.15, 0.2) is 53.4 Å². The van der Waals surface area contributed by atoms with Gasteiger partial charge in [0.2, 0.25) is 10.0 Å². The van der Waals surface area contributed by atoms with Crippen LogP contribution in [0.3, 0.4) is 0 Å². The Kier molecular flexibility index (Phi) is 8.43. The van der Waals surface area contributed by atoms with Gasteiger partial charge in [0.1, 0.15) is 5.75 Å². The minimum absolute atomic E-state index is 0.158. The van der Waals surface area contributed by atoms with Crippen LogP contribution < -0.4 is 9.46 Å². The van der Waals surface area contributed by atoms with Crippen LogP contribution in [-0.4, -0.2) is 27.9 Å². The Bertz CT molecular complexity index is 924. The van der Waals surface area contributed by atoms with Gasteiger partial charge in [-0.1, -0.05) is 25.0 Å². The molecule has 0 aromatic heterocycles. The zero-order valence-electron chi connectivity index (χ0n) is 16.5. The van der Waals surface area contributed by atoms with E-state index >= 15 is 0 Å². The summed E-state index contributed by atoms with van der Waals surface area (Å²) in [7, 11) is -2.08. The summed E-state index contributed by atoms with van der Waals surface area (Å²) in [4.78, 5) is 12.2. The van der Waals surface area contributed by atoms with E-state index in [-0.39, 0.29) is 29.2 Å². The maximum Gasteiger partial charge on any atom is 0.416 e. The number of hydrogen-bond acceptors (Lipinski definition) is 4. The third-order valence-corrected chi connectivity index (χ3v) is 6.00. The fraction of sp³-hybridized carbons (Fsp3) is 0.381. The molecule has 0 aliphatic carbocycles. The fourth-order valence-electron chi connectivity index (χ4n) is 2.80. The number of unbranched alkanes of at least 4 members (excludes halogenated alkanes) is 3. The van der Waals surface area contributed by atoms with E-state index < -0.39 is 21.8 Å². The molecule has 1 N–H and O–H groups in total. The molecule has 2 aromatic rings.